The molecule has 0 amide bonds. The van der Waals surface area contributed by atoms with Crippen molar-refractivity contribution >= 4 is 11.9 Å². The van der Waals surface area contributed by atoms with E-state index in [0.717, 1.165) is 56.2 Å². The zero-order chi connectivity index (χ0) is 22.1. The second-order valence-corrected chi connectivity index (χ2v) is 9.41. The van der Waals surface area contributed by atoms with E-state index in [1.807, 2.05) is 6.07 Å². The Labute approximate surface area is 189 Å². The van der Waals surface area contributed by atoms with Gasteiger partial charge in [-0.05, 0) is 74.7 Å². The van der Waals surface area contributed by atoms with Crippen LogP contribution in [0.4, 0.5) is 5.95 Å². The molecule has 1 spiro atoms. The second-order valence-electron chi connectivity index (χ2n) is 9.41. The molecule has 2 saturated heterocycles. The molecule has 1 aromatic heterocycles. The summed E-state index contributed by atoms with van der Waals surface area (Å²) in [5.74, 6) is 0.556. The molecule has 7 nitrogen and oxygen atoms in total. The number of ether oxygens (including phenoxy) is 1. The van der Waals surface area contributed by atoms with Gasteiger partial charge in [-0.3, -0.25) is 0 Å². The Hall–Kier alpha value is -2.98. The number of cyclic esters (lactones) is 1. The van der Waals surface area contributed by atoms with Crippen LogP contribution in [0, 0.1) is 23.7 Å². The van der Waals surface area contributed by atoms with Crippen molar-refractivity contribution in [2.24, 2.45) is 5.41 Å². The molecular weight excluding hydrogens is 402 g/mol. The number of piperidine rings is 2. The first-order valence-electron chi connectivity index (χ1n) is 11.5. The molecule has 4 heterocycles. The van der Waals surface area contributed by atoms with Crippen LogP contribution in [0.3, 0.4) is 0 Å². The number of benzene rings is 1. The first-order valence-corrected chi connectivity index (χ1v) is 11.5. The number of likely N-dealkylation sites (tertiary alicyclic amines) is 1. The number of hydrogen-bond acceptors (Lipinski definition) is 7. The summed E-state index contributed by atoms with van der Waals surface area (Å²) in [6.07, 6.45) is 9.10. The number of rotatable bonds is 4. The summed E-state index contributed by atoms with van der Waals surface area (Å²) < 4.78 is 5.19. The minimum absolute atomic E-state index is 0.187. The Kier molecular flexibility index (Phi) is 5.56. The minimum atomic E-state index is -0.187. The van der Waals surface area contributed by atoms with Crippen LogP contribution in [0.2, 0.25) is 0 Å². The Morgan fingerprint density at radius 2 is 1.78 bits per heavy atom. The van der Waals surface area contributed by atoms with Crippen molar-refractivity contribution in [2.45, 2.75) is 45.6 Å². The number of carbonyl (C=O) groups excluding carboxylic acids is 1. The highest BCUT2D eigenvalue weighted by atomic mass is 16.5. The van der Waals surface area contributed by atoms with Crippen molar-refractivity contribution in [1.29, 1.82) is 5.26 Å². The molecule has 0 unspecified atom stereocenters. The fraction of sp³-hybridized carbons (Fsp3) is 0.520. The monoisotopic (exact) mass is 431 g/mol. The zero-order valence-electron chi connectivity index (χ0n) is 18.6. The van der Waals surface area contributed by atoms with Crippen molar-refractivity contribution < 1.29 is 9.53 Å². The number of hydrogen-bond donors (Lipinski definition) is 0. The SMILES string of the molecule is Cc1c(CCN2CCC3(CC2)CCN(c2ncc(C#N)cn2)CC3)ccc2c1COC2=O. The van der Waals surface area contributed by atoms with Gasteiger partial charge in [0.1, 0.15) is 12.7 Å². The third-order valence-electron chi connectivity index (χ3n) is 7.77. The standard InChI is InChI=1S/C25H29N5O2/c1-18-20(2-3-21-22(18)17-32-23(21)31)4-9-29-10-5-25(6-11-29)7-12-30(13-8-25)24-27-15-19(14-26)16-28-24/h2-3,15-16H,4-13,17H2,1H3. The van der Waals surface area contributed by atoms with E-state index in [9.17, 15) is 4.79 Å². The Balaban J connectivity index is 1.12. The number of nitriles is 1. The van der Waals surface area contributed by atoms with Gasteiger partial charge in [0, 0.05) is 25.2 Å². The van der Waals surface area contributed by atoms with Crippen LogP contribution >= 0.6 is 0 Å². The van der Waals surface area contributed by atoms with E-state index in [0.29, 0.717) is 17.6 Å². The summed E-state index contributed by atoms with van der Waals surface area (Å²) in [5.41, 5.74) is 5.32. The van der Waals surface area contributed by atoms with Gasteiger partial charge in [-0.2, -0.15) is 5.26 Å². The molecule has 0 aliphatic carbocycles. The Bertz CT molecular complexity index is 1040. The van der Waals surface area contributed by atoms with Gasteiger partial charge in [-0.1, -0.05) is 6.07 Å². The zero-order valence-corrected chi connectivity index (χ0v) is 18.6. The molecule has 5 rings (SSSR count). The summed E-state index contributed by atoms with van der Waals surface area (Å²) in [7, 11) is 0. The van der Waals surface area contributed by atoms with Gasteiger partial charge >= 0.3 is 5.97 Å². The van der Waals surface area contributed by atoms with Crippen molar-refractivity contribution in [3.8, 4) is 6.07 Å². The van der Waals surface area contributed by atoms with Crippen LogP contribution in [0.5, 0.6) is 0 Å². The van der Waals surface area contributed by atoms with Gasteiger partial charge in [-0.15, -0.1) is 0 Å². The average Bonchev–Trinajstić information content (AvgIpc) is 3.22. The molecule has 0 saturated carbocycles. The number of fused-ring (bicyclic) bond motifs is 1. The molecule has 0 bridgehead atoms. The van der Waals surface area contributed by atoms with E-state index in [1.165, 1.54) is 36.8 Å². The van der Waals surface area contributed by atoms with Crippen LogP contribution in [-0.2, 0) is 17.8 Å². The third kappa shape index (κ3) is 3.95. The highest BCUT2D eigenvalue weighted by Crippen LogP contribution is 2.41. The lowest BCUT2D eigenvalue weighted by molar-refractivity contribution is 0.0535. The molecule has 32 heavy (non-hydrogen) atoms. The van der Waals surface area contributed by atoms with Gasteiger partial charge in [0.25, 0.3) is 0 Å². The van der Waals surface area contributed by atoms with E-state index in [-0.39, 0.29) is 5.97 Å². The summed E-state index contributed by atoms with van der Waals surface area (Å²) >= 11 is 0. The average molecular weight is 432 g/mol. The maximum Gasteiger partial charge on any atom is 0.338 e. The normalized spacial score (nSPS) is 20.1. The van der Waals surface area contributed by atoms with E-state index in [4.69, 9.17) is 10.00 Å². The topological polar surface area (TPSA) is 82.3 Å². The van der Waals surface area contributed by atoms with E-state index >= 15 is 0 Å². The van der Waals surface area contributed by atoms with Gasteiger partial charge in [0.2, 0.25) is 5.95 Å². The fourth-order valence-electron chi connectivity index (χ4n) is 5.42. The summed E-state index contributed by atoms with van der Waals surface area (Å²) in [5, 5.41) is 8.92. The van der Waals surface area contributed by atoms with Gasteiger partial charge in [0.15, 0.2) is 0 Å². The lowest BCUT2D eigenvalue weighted by atomic mass is 9.71. The van der Waals surface area contributed by atoms with Gasteiger partial charge < -0.3 is 14.5 Å². The number of nitrogens with zero attached hydrogens (tertiary/aromatic N) is 5. The van der Waals surface area contributed by atoms with Crippen LogP contribution in [0.25, 0.3) is 0 Å². The number of anilines is 1. The van der Waals surface area contributed by atoms with Crippen molar-refractivity contribution in [3.63, 3.8) is 0 Å². The molecule has 0 atom stereocenters. The lowest BCUT2D eigenvalue weighted by Gasteiger charge is -2.47. The van der Waals surface area contributed by atoms with Gasteiger partial charge in [0.05, 0.1) is 23.5 Å². The van der Waals surface area contributed by atoms with Crippen molar-refractivity contribution in [2.75, 3.05) is 37.6 Å². The van der Waals surface area contributed by atoms with Crippen molar-refractivity contribution in [1.82, 2.24) is 14.9 Å². The van der Waals surface area contributed by atoms with Crippen LogP contribution in [-0.4, -0.2) is 53.6 Å². The molecule has 2 fully saturated rings. The first kappa shape index (κ1) is 20.9. The largest absolute Gasteiger partial charge is 0.457 e. The second kappa shape index (κ2) is 8.51. The smallest absolute Gasteiger partial charge is 0.338 e. The summed E-state index contributed by atoms with van der Waals surface area (Å²) in [6.45, 7) is 7.88. The van der Waals surface area contributed by atoms with Crippen LogP contribution in [0.15, 0.2) is 24.5 Å². The molecule has 3 aliphatic heterocycles. The fourth-order valence-corrected chi connectivity index (χ4v) is 5.42. The van der Waals surface area contributed by atoms with E-state index in [1.54, 1.807) is 12.4 Å². The van der Waals surface area contributed by atoms with Gasteiger partial charge in [-0.25, -0.2) is 14.8 Å². The third-order valence-corrected chi connectivity index (χ3v) is 7.77. The molecule has 0 radical (unpaired) electrons. The Morgan fingerprint density at radius 3 is 2.47 bits per heavy atom. The number of aromatic nitrogens is 2. The Morgan fingerprint density at radius 1 is 1.09 bits per heavy atom. The molecule has 0 N–H and O–H groups in total. The molecule has 2 aromatic rings. The first-order chi connectivity index (χ1) is 15.6. The highest BCUT2D eigenvalue weighted by Gasteiger charge is 2.38. The quantitative estimate of drug-likeness (QED) is 0.687. The minimum Gasteiger partial charge on any atom is -0.457 e. The summed E-state index contributed by atoms with van der Waals surface area (Å²) in [4.78, 5) is 25.3. The number of esters is 1. The maximum absolute atomic E-state index is 11.8. The molecular formula is C25H29N5O2. The molecule has 166 valence electrons. The number of carbonyl (C=O) groups is 1. The predicted octanol–water partition coefficient (Wildman–Crippen LogP) is 3.25. The van der Waals surface area contributed by atoms with Crippen LogP contribution < -0.4 is 4.90 Å². The molecule has 7 heteroatoms. The lowest BCUT2D eigenvalue weighted by Crippen LogP contribution is -2.47. The molecule has 3 aliphatic rings. The maximum atomic E-state index is 11.8. The summed E-state index contributed by atoms with van der Waals surface area (Å²) in [6, 6.07) is 6.12. The predicted molar refractivity (Wildman–Crippen MR) is 120 cm³/mol. The van der Waals surface area contributed by atoms with E-state index < -0.39 is 0 Å². The highest BCUT2D eigenvalue weighted by molar-refractivity contribution is 5.93. The van der Waals surface area contributed by atoms with E-state index in [2.05, 4.69) is 38.8 Å². The molecule has 1 aromatic carbocycles. The van der Waals surface area contributed by atoms with Crippen LogP contribution in [0.1, 0.15) is 58.3 Å². The van der Waals surface area contributed by atoms with Crippen molar-refractivity contribution in [3.05, 3.63) is 52.3 Å².